The van der Waals surface area contributed by atoms with Crippen molar-refractivity contribution in [2.45, 2.75) is 38.3 Å². The lowest BCUT2D eigenvalue weighted by Gasteiger charge is -2.27. The molecular weight excluding hydrogens is 397 g/mol. The summed E-state index contributed by atoms with van der Waals surface area (Å²) in [6.07, 6.45) is 3.91. The van der Waals surface area contributed by atoms with Crippen molar-refractivity contribution in [2.24, 2.45) is 7.05 Å². The molecule has 31 heavy (non-hydrogen) atoms. The lowest BCUT2D eigenvalue weighted by Crippen LogP contribution is -2.40. The summed E-state index contributed by atoms with van der Waals surface area (Å²) in [5.41, 5.74) is 3.58. The number of aromatic nitrogens is 2. The number of ether oxygens (including phenoxy) is 1. The van der Waals surface area contributed by atoms with E-state index < -0.39 is 0 Å². The summed E-state index contributed by atoms with van der Waals surface area (Å²) in [5.74, 6) is -0.452. The van der Waals surface area contributed by atoms with E-state index in [4.69, 9.17) is 4.74 Å². The van der Waals surface area contributed by atoms with E-state index >= 15 is 0 Å². The largest absolute Gasteiger partial charge is 0.379 e. The fourth-order valence-corrected chi connectivity index (χ4v) is 4.45. The van der Waals surface area contributed by atoms with Gasteiger partial charge in [0.2, 0.25) is 0 Å². The fourth-order valence-electron chi connectivity index (χ4n) is 4.45. The Hall–Kier alpha value is -2.29. The molecule has 0 spiro atoms. The van der Waals surface area contributed by atoms with E-state index in [1.165, 1.54) is 12.1 Å². The summed E-state index contributed by atoms with van der Waals surface area (Å²) in [6.45, 7) is 6.16. The van der Waals surface area contributed by atoms with Crippen LogP contribution in [0.2, 0.25) is 0 Å². The number of benzene rings is 1. The number of carbonyl (C=O) groups excluding carboxylic acids is 1. The van der Waals surface area contributed by atoms with Gasteiger partial charge in [0, 0.05) is 44.0 Å². The second kappa shape index (κ2) is 10.3. The Labute approximate surface area is 182 Å². The molecule has 2 N–H and O–H groups in total. The van der Waals surface area contributed by atoms with Gasteiger partial charge >= 0.3 is 0 Å². The number of hydrogen-bond acceptors (Lipinski definition) is 5. The molecule has 2 aliphatic rings. The predicted molar refractivity (Wildman–Crippen MR) is 116 cm³/mol. The summed E-state index contributed by atoms with van der Waals surface area (Å²) in [5, 5.41) is 11.1. The third-order valence-corrected chi connectivity index (χ3v) is 6.22. The first-order chi connectivity index (χ1) is 15.1. The molecule has 1 fully saturated rings. The van der Waals surface area contributed by atoms with E-state index in [0.29, 0.717) is 18.3 Å². The Morgan fingerprint density at radius 3 is 2.81 bits per heavy atom. The molecule has 2 aromatic rings. The van der Waals surface area contributed by atoms with Gasteiger partial charge < -0.3 is 15.4 Å². The second-order valence-electron chi connectivity index (χ2n) is 8.41. The predicted octanol–water partition coefficient (Wildman–Crippen LogP) is 1.66. The molecule has 1 aromatic carbocycles. The third-order valence-electron chi connectivity index (χ3n) is 6.22. The van der Waals surface area contributed by atoms with Gasteiger partial charge in [0.25, 0.3) is 5.91 Å². The van der Waals surface area contributed by atoms with Gasteiger partial charge in [-0.3, -0.25) is 14.4 Å². The van der Waals surface area contributed by atoms with Crippen LogP contribution in [-0.2, 0) is 31.2 Å². The smallest absolute Gasteiger partial charge is 0.272 e. The van der Waals surface area contributed by atoms with E-state index in [1.54, 1.807) is 12.1 Å². The number of hydrogen-bond donors (Lipinski definition) is 2. The van der Waals surface area contributed by atoms with Gasteiger partial charge in [0.1, 0.15) is 5.82 Å². The number of morpholine rings is 1. The van der Waals surface area contributed by atoms with Crippen molar-refractivity contribution >= 4 is 5.91 Å². The molecule has 1 aliphatic carbocycles. The van der Waals surface area contributed by atoms with Crippen LogP contribution in [0.5, 0.6) is 0 Å². The molecule has 8 heteroatoms. The zero-order chi connectivity index (χ0) is 21.6. The van der Waals surface area contributed by atoms with Crippen molar-refractivity contribution in [3.8, 4) is 0 Å². The van der Waals surface area contributed by atoms with Crippen molar-refractivity contribution < 1.29 is 13.9 Å². The van der Waals surface area contributed by atoms with Gasteiger partial charge in [-0.1, -0.05) is 12.1 Å². The van der Waals surface area contributed by atoms with E-state index in [-0.39, 0.29) is 11.7 Å². The summed E-state index contributed by atoms with van der Waals surface area (Å²) < 4.78 is 20.3. The van der Waals surface area contributed by atoms with Crippen LogP contribution in [0, 0.1) is 5.82 Å². The van der Waals surface area contributed by atoms with Crippen LogP contribution in [0.3, 0.4) is 0 Å². The molecule has 4 rings (SSSR count). The molecule has 1 aromatic heterocycles. The zero-order valence-corrected chi connectivity index (χ0v) is 18.2. The van der Waals surface area contributed by atoms with Crippen LogP contribution in [0.25, 0.3) is 0 Å². The second-order valence-corrected chi connectivity index (χ2v) is 8.41. The minimum Gasteiger partial charge on any atom is -0.379 e. The van der Waals surface area contributed by atoms with Crippen LogP contribution in [0.15, 0.2) is 24.3 Å². The first kappa shape index (κ1) is 21.9. The third kappa shape index (κ3) is 5.70. The minimum absolute atomic E-state index is 0.172. The quantitative estimate of drug-likeness (QED) is 0.625. The molecule has 1 aliphatic heterocycles. The summed E-state index contributed by atoms with van der Waals surface area (Å²) in [6, 6.07) is 6.53. The topological polar surface area (TPSA) is 71.4 Å². The van der Waals surface area contributed by atoms with Crippen molar-refractivity contribution in [1.82, 2.24) is 25.3 Å². The lowest BCUT2D eigenvalue weighted by atomic mass is 9.91. The average Bonchev–Trinajstić information content (AvgIpc) is 3.13. The first-order valence-corrected chi connectivity index (χ1v) is 11.2. The molecule has 0 unspecified atom stereocenters. The maximum Gasteiger partial charge on any atom is 0.272 e. The Kier molecular flexibility index (Phi) is 7.32. The maximum absolute atomic E-state index is 13.1. The normalized spacial score (nSPS) is 19.2. The number of nitrogens with one attached hydrogen (secondary N) is 2. The number of carbonyl (C=O) groups is 1. The van der Waals surface area contributed by atoms with Crippen LogP contribution < -0.4 is 10.6 Å². The van der Waals surface area contributed by atoms with Crippen LogP contribution >= 0.6 is 0 Å². The monoisotopic (exact) mass is 429 g/mol. The van der Waals surface area contributed by atoms with Crippen molar-refractivity contribution in [2.75, 3.05) is 39.4 Å². The fraction of sp³-hybridized carbons (Fsp3) is 0.565. The standard InChI is InChI=1S/C23H32FN5O2/c1-28-21-8-7-19(25-9-2-10-29-11-13-31-14-12-29)15-20(21)22(27-28)23(30)26-16-17-3-5-18(24)6-4-17/h3-6,19,25H,2,7-16H2,1H3,(H,26,30)/t19-/m1/s1. The Bertz CT molecular complexity index is 877. The summed E-state index contributed by atoms with van der Waals surface area (Å²) in [4.78, 5) is 15.3. The molecule has 0 radical (unpaired) electrons. The molecular formula is C23H32FN5O2. The zero-order valence-electron chi connectivity index (χ0n) is 18.2. The summed E-state index contributed by atoms with van der Waals surface area (Å²) in [7, 11) is 1.91. The van der Waals surface area contributed by atoms with Gasteiger partial charge in [-0.25, -0.2) is 4.39 Å². The molecule has 1 amide bonds. The maximum atomic E-state index is 13.1. The number of amides is 1. The SMILES string of the molecule is Cn1nc(C(=O)NCc2ccc(F)cc2)c2c1CC[C@@H](NCCCN1CCOCC1)C2. The highest BCUT2D eigenvalue weighted by Gasteiger charge is 2.28. The number of nitrogens with zero attached hydrogens (tertiary/aromatic N) is 3. The van der Waals surface area contributed by atoms with Gasteiger partial charge in [0.15, 0.2) is 5.69 Å². The number of fused-ring (bicyclic) bond motifs is 1. The molecule has 1 atom stereocenters. The minimum atomic E-state index is -0.280. The Morgan fingerprint density at radius 1 is 1.26 bits per heavy atom. The molecule has 7 nitrogen and oxygen atoms in total. The number of halogens is 1. The van der Waals surface area contributed by atoms with Gasteiger partial charge in [-0.15, -0.1) is 0 Å². The molecule has 168 valence electrons. The molecule has 2 heterocycles. The van der Waals surface area contributed by atoms with Crippen LogP contribution in [0.1, 0.15) is 40.2 Å². The molecule has 0 bridgehead atoms. The van der Waals surface area contributed by atoms with Crippen molar-refractivity contribution in [3.05, 3.63) is 52.6 Å². The summed E-state index contributed by atoms with van der Waals surface area (Å²) >= 11 is 0. The van der Waals surface area contributed by atoms with E-state index in [2.05, 4.69) is 20.6 Å². The van der Waals surface area contributed by atoms with Crippen molar-refractivity contribution in [1.29, 1.82) is 0 Å². The van der Waals surface area contributed by atoms with Gasteiger partial charge in [-0.2, -0.15) is 5.10 Å². The lowest BCUT2D eigenvalue weighted by molar-refractivity contribution is 0.0373. The Balaban J connectivity index is 1.29. The molecule has 0 saturated carbocycles. The van der Waals surface area contributed by atoms with Gasteiger partial charge in [-0.05, 0) is 56.5 Å². The van der Waals surface area contributed by atoms with Crippen LogP contribution in [0.4, 0.5) is 4.39 Å². The van der Waals surface area contributed by atoms with E-state index in [0.717, 1.165) is 81.9 Å². The highest BCUT2D eigenvalue weighted by molar-refractivity contribution is 5.94. The number of rotatable bonds is 8. The van der Waals surface area contributed by atoms with E-state index in [9.17, 15) is 9.18 Å². The average molecular weight is 430 g/mol. The first-order valence-electron chi connectivity index (χ1n) is 11.2. The molecule has 1 saturated heterocycles. The number of aryl methyl sites for hydroxylation is 1. The highest BCUT2D eigenvalue weighted by atomic mass is 19.1. The Morgan fingerprint density at radius 2 is 2.03 bits per heavy atom. The van der Waals surface area contributed by atoms with Gasteiger partial charge in [0.05, 0.1) is 13.2 Å². The van der Waals surface area contributed by atoms with Crippen LogP contribution in [-0.4, -0.2) is 66.0 Å². The highest BCUT2D eigenvalue weighted by Crippen LogP contribution is 2.24. The van der Waals surface area contributed by atoms with Crippen molar-refractivity contribution in [3.63, 3.8) is 0 Å². The van der Waals surface area contributed by atoms with E-state index in [1.807, 2.05) is 11.7 Å².